The molecule has 0 saturated carbocycles. The summed E-state index contributed by atoms with van der Waals surface area (Å²) in [6.45, 7) is 6.47. The van der Waals surface area contributed by atoms with Crippen molar-refractivity contribution in [1.29, 1.82) is 0 Å². The first-order valence-electron chi connectivity index (χ1n) is 7.67. The Morgan fingerprint density at radius 2 is 1.91 bits per heavy atom. The molecule has 0 amide bonds. The van der Waals surface area contributed by atoms with E-state index in [2.05, 4.69) is 10.2 Å². The average molecular weight is 321 g/mol. The molecule has 0 aliphatic carbocycles. The van der Waals surface area contributed by atoms with E-state index in [1.165, 1.54) is 0 Å². The topological polar surface area (TPSA) is 37.6 Å². The molecule has 1 aromatic heterocycles. The Morgan fingerprint density at radius 1 is 1.09 bits per heavy atom. The van der Waals surface area contributed by atoms with Gasteiger partial charge in [0.2, 0.25) is 0 Å². The molecule has 1 N–H and O–H groups in total. The maximum Gasteiger partial charge on any atom is 0.135 e. The van der Waals surface area contributed by atoms with Crippen LogP contribution in [0, 0.1) is 0 Å². The highest BCUT2D eigenvalue weighted by Gasteiger charge is 2.10. The largest absolute Gasteiger partial charge is 0.460 e. The zero-order chi connectivity index (χ0) is 15.2. The Hall–Kier alpha value is -1.33. The maximum absolute atomic E-state index is 6.19. The zero-order valence-corrected chi connectivity index (χ0v) is 13.3. The summed E-state index contributed by atoms with van der Waals surface area (Å²) < 4.78 is 11.2. The molecule has 0 atom stereocenters. The molecule has 1 aliphatic rings. The van der Waals surface area contributed by atoms with E-state index >= 15 is 0 Å². The molecule has 0 unspecified atom stereocenters. The van der Waals surface area contributed by atoms with E-state index in [9.17, 15) is 0 Å². The van der Waals surface area contributed by atoms with Crippen molar-refractivity contribution >= 4 is 11.6 Å². The van der Waals surface area contributed by atoms with Crippen molar-refractivity contribution in [3.05, 3.63) is 47.2 Å². The van der Waals surface area contributed by atoms with Crippen LogP contribution in [-0.4, -0.2) is 44.3 Å². The van der Waals surface area contributed by atoms with Crippen LogP contribution in [0.5, 0.6) is 0 Å². The van der Waals surface area contributed by atoms with Crippen molar-refractivity contribution in [1.82, 2.24) is 10.2 Å². The van der Waals surface area contributed by atoms with E-state index in [-0.39, 0.29) is 0 Å². The minimum absolute atomic E-state index is 0.712. The number of furan rings is 1. The number of rotatable bonds is 6. The normalized spacial score (nSPS) is 16.0. The predicted octanol–water partition coefficient (Wildman–Crippen LogP) is 3.02. The van der Waals surface area contributed by atoms with Crippen LogP contribution in [0.25, 0.3) is 11.3 Å². The summed E-state index contributed by atoms with van der Waals surface area (Å²) in [5.41, 5.74) is 0.934. The molecule has 0 bridgehead atoms. The lowest BCUT2D eigenvalue weighted by Crippen LogP contribution is -2.40. The number of nitrogens with one attached hydrogen (secondary N) is 1. The Morgan fingerprint density at radius 3 is 2.73 bits per heavy atom. The first-order valence-corrected chi connectivity index (χ1v) is 8.05. The molecule has 0 spiro atoms. The molecule has 0 radical (unpaired) electrons. The highest BCUT2D eigenvalue weighted by atomic mass is 35.5. The number of hydrogen-bond acceptors (Lipinski definition) is 4. The molecule has 1 aliphatic heterocycles. The fourth-order valence-corrected chi connectivity index (χ4v) is 2.78. The van der Waals surface area contributed by atoms with Gasteiger partial charge in [0.1, 0.15) is 11.5 Å². The van der Waals surface area contributed by atoms with Crippen LogP contribution < -0.4 is 5.32 Å². The molecule has 22 heavy (non-hydrogen) atoms. The third-order valence-electron chi connectivity index (χ3n) is 3.81. The van der Waals surface area contributed by atoms with Gasteiger partial charge in [0.25, 0.3) is 0 Å². The van der Waals surface area contributed by atoms with Gasteiger partial charge in [0, 0.05) is 31.7 Å². The second-order valence-corrected chi connectivity index (χ2v) is 5.78. The van der Waals surface area contributed by atoms with Gasteiger partial charge in [-0.2, -0.15) is 0 Å². The number of benzene rings is 1. The van der Waals surface area contributed by atoms with Crippen molar-refractivity contribution in [2.75, 3.05) is 39.4 Å². The monoisotopic (exact) mass is 320 g/mol. The zero-order valence-electron chi connectivity index (χ0n) is 12.6. The molecule has 2 heterocycles. The highest BCUT2D eigenvalue weighted by molar-refractivity contribution is 6.33. The molecular weight excluding hydrogens is 300 g/mol. The van der Waals surface area contributed by atoms with Crippen LogP contribution in [0.15, 0.2) is 40.8 Å². The number of morpholine rings is 1. The molecule has 3 rings (SSSR count). The first kappa shape index (κ1) is 15.6. The lowest BCUT2D eigenvalue weighted by atomic mass is 10.2. The Kier molecular flexibility index (Phi) is 5.51. The minimum atomic E-state index is 0.712. The molecule has 2 aromatic rings. The number of ether oxygens (including phenoxy) is 1. The smallest absolute Gasteiger partial charge is 0.135 e. The van der Waals surface area contributed by atoms with Crippen molar-refractivity contribution in [3.63, 3.8) is 0 Å². The number of halogens is 1. The Bertz CT molecular complexity index is 594. The average Bonchev–Trinajstić information content (AvgIpc) is 3.02. The Labute approximate surface area is 136 Å². The van der Waals surface area contributed by atoms with E-state index in [0.717, 1.165) is 63.0 Å². The lowest BCUT2D eigenvalue weighted by Gasteiger charge is -2.26. The summed E-state index contributed by atoms with van der Waals surface area (Å²) in [6.07, 6.45) is 0. The third-order valence-corrected chi connectivity index (χ3v) is 4.14. The summed E-state index contributed by atoms with van der Waals surface area (Å²) >= 11 is 6.19. The first-order chi connectivity index (χ1) is 10.8. The molecule has 1 saturated heterocycles. The summed E-state index contributed by atoms with van der Waals surface area (Å²) in [4.78, 5) is 2.41. The summed E-state index contributed by atoms with van der Waals surface area (Å²) in [5, 5.41) is 4.13. The predicted molar refractivity (Wildman–Crippen MR) is 88.1 cm³/mol. The molecular formula is C17H21ClN2O2. The third kappa shape index (κ3) is 4.11. The molecule has 5 heteroatoms. The maximum atomic E-state index is 6.19. The molecule has 118 valence electrons. The van der Waals surface area contributed by atoms with E-state index in [0.29, 0.717) is 5.02 Å². The summed E-state index contributed by atoms with van der Waals surface area (Å²) in [6, 6.07) is 11.7. The Balaban J connectivity index is 1.47. The van der Waals surface area contributed by atoms with E-state index in [1.807, 2.05) is 36.4 Å². The number of nitrogens with zero attached hydrogens (tertiary/aromatic N) is 1. The van der Waals surface area contributed by atoms with E-state index in [1.54, 1.807) is 0 Å². The summed E-state index contributed by atoms with van der Waals surface area (Å²) in [5.74, 6) is 1.74. The van der Waals surface area contributed by atoms with Gasteiger partial charge in [-0.15, -0.1) is 0 Å². The standard InChI is InChI=1S/C17H21ClN2O2/c18-16-4-2-1-3-15(16)17-6-5-14(22-17)13-19-7-8-20-9-11-21-12-10-20/h1-6,19H,7-13H2. The van der Waals surface area contributed by atoms with E-state index in [4.69, 9.17) is 20.8 Å². The van der Waals surface area contributed by atoms with Crippen molar-refractivity contribution in [2.24, 2.45) is 0 Å². The SMILES string of the molecule is Clc1ccccc1-c1ccc(CNCCN2CCOCC2)o1. The van der Waals surface area contributed by atoms with Crippen LogP contribution in [0.2, 0.25) is 5.02 Å². The highest BCUT2D eigenvalue weighted by Crippen LogP contribution is 2.28. The fourth-order valence-electron chi connectivity index (χ4n) is 2.55. The van der Waals surface area contributed by atoms with Crippen LogP contribution in [0.3, 0.4) is 0 Å². The van der Waals surface area contributed by atoms with Crippen LogP contribution >= 0.6 is 11.6 Å². The quantitative estimate of drug-likeness (QED) is 0.830. The lowest BCUT2D eigenvalue weighted by molar-refractivity contribution is 0.0383. The van der Waals surface area contributed by atoms with Crippen molar-refractivity contribution < 1.29 is 9.15 Å². The van der Waals surface area contributed by atoms with Crippen molar-refractivity contribution in [2.45, 2.75) is 6.54 Å². The second kappa shape index (κ2) is 7.79. The molecule has 1 fully saturated rings. The minimum Gasteiger partial charge on any atom is -0.460 e. The molecule has 1 aromatic carbocycles. The van der Waals surface area contributed by atoms with Crippen LogP contribution in [-0.2, 0) is 11.3 Å². The van der Waals surface area contributed by atoms with Gasteiger partial charge in [0.05, 0.1) is 24.8 Å². The van der Waals surface area contributed by atoms with Crippen molar-refractivity contribution in [3.8, 4) is 11.3 Å². The van der Waals surface area contributed by atoms with Gasteiger partial charge in [-0.25, -0.2) is 0 Å². The van der Waals surface area contributed by atoms with Gasteiger partial charge in [0.15, 0.2) is 0 Å². The van der Waals surface area contributed by atoms with E-state index < -0.39 is 0 Å². The molecule has 4 nitrogen and oxygen atoms in total. The van der Waals surface area contributed by atoms with Crippen LogP contribution in [0.1, 0.15) is 5.76 Å². The van der Waals surface area contributed by atoms with Gasteiger partial charge in [-0.05, 0) is 24.3 Å². The van der Waals surface area contributed by atoms with Gasteiger partial charge < -0.3 is 14.5 Å². The van der Waals surface area contributed by atoms with Crippen LogP contribution in [0.4, 0.5) is 0 Å². The van der Waals surface area contributed by atoms with Gasteiger partial charge >= 0.3 is 0 Å². The number of hydrogen-bond donors (Lipinski definition) is 1. The summed E-state index contributed by atoms with van der Waals surface area (Å²) in [7, 11) is 0. The second-order valence-electron chi connectivity index (χ2n) is 5.38. The fraction of sp³-hybridized carbons (Fsp3) is 0.412. The van der Waals surface area contributed by atoms with Gasteiger partial charge in [-0.1, -0.05) is 23.7 Å². The van der Waals surface area contributed by atoms with Gasteiger partial charge in [-0.3, -0.25) is 4.90 Å².